The van der Waals surface area contributed by atoms with Crippen molar-refractivity contribution in [2.75, 3.05) is 7.11 Å². The summed E-state index contributed by atoms with van der Waals surface area (Å²) < 4.78 is 5.42. The first-order valence-electron chi connectivity index (χ1n) is 6.76. The number of hydrogen-bond donors (Lipinski definition) is 0. The Labute approximate surface area is 110 Å². The standard InChI is InChI=1S/C14H23NO.2H2O/c1-16-14-8-6-13(7-9-14)12-4-2-11(10-15)3-5-12;;/h11-14H,2-9H2,1H3;2*1H2. The van der Waals surface area contributed by atoms with Crippen molar-refractivity contribution in [1.82, 2.24) is 0 Å². The fraction of sp³-hybridized carbons (Fsp3) is 0.929. The van der Waals surface area contributed by atoms with Gasteiger partial charge in [0.1, 0.15) is 0 Å². The lowest BCUT2D eigenvalue weighted by Crippen LogP contribution is -2.27. The molecule has 0 aromatic carbocycles. The molecule has 0 radical (unpaired) electrons. The number of rotatable bonds is 2. The summed E-state index contributed by atoms with van der Waals surface area (Å²) >= 11 is 0. The first-order chi connectivity index (χ1) is 7.83. The van der Waals surface area contributed by atoms with Crippen LogP contribution in [0, 0.1) is 29.1 Å². The maximum atomic E-state index is 8.89. The fourth-order valence-electron chi connectivity index (χ4n) is 3.52. The molecule has 2 aliphatic carbocycles. The largest absolute Gasteiger partial charge is 0.412 e. The molecule has 4 heteroatoms. The topological polar surface area (TPSA) is 96.0 Å². The lowest BCUT2D eigenvalue weighted by Gasteiger charge is -2.36. The Morgan fingerprint density at radius 1 is 0.833 bits per heavy atom. The molecule has 0 aliphatic heterocycles. The summed E-state index contributed by atoms with van der Waals surface area (Å²) in [5, 5.41) is 8.89. The Bertz CT molecular complexity index is 248. The van der Waals surface area contributed by atoms with E-state index in [2.05, 4.69) is 6.07 Å². The molecule has 0 heterocycles. The molecule has 2 rings (SSSR count). The fourth-order valence-corrected chi connectivity index (χ4v) is 3.52. The smallest absolute Gasteiger partial charge is 0.0655 e. The van der Waals surface area contributed by atoms with E-state index in [1.165, 1.54) is 38.5 Å². The van der Waals surface area contributed by atoms with Crippen molar-refractivity contribution in [2.24, 2.45) is 17.8 Å². The predicted molar refractivity (Wildman–Crippen MR) is 71.0 cm³/mol. The lowest BCUT2D eigenvalue weighted by atomic mass is 9.71. The zero-order chi connectivity index (χ0) is 11.4. The second-order valence-electron chi connectivity index (χ2n) is 5.51. The molecule has 4 N–H and O–H groups in total. The SMILES string of the molecule is COC1CCC(C2CCC(C#N)CC2)CC1.O.O. The van der Waals surface area contributed by atoms with E-state index < -0.39 is 0 Å². The summed E-state index contributed by atoms with van der Waals surface area (Å²) in [7, 11) is 1.84. The van der Waals surface area contributed by atoms with Crippen molar-refractivity contribution in [3.05, 3.63) is 0 Å². The second-order valence-corrected chi connectivity index (χ2v) is 5.51. The highest BCUT2D eigenvalue weighted by Crippen LogP contribution is 2.40. The highest BCUT2D eigenvalue weighted by molar-refractivity contribution is 4.89. The van der Waals surface area contributed by atoms with Gasteiger partial charge in [-0.2, -0.15) is 5.26 Å². The number of hydrogen-bond acceptors (Lipinski definition) is 2. The van der Waals surface area contributed by atoms with Crippen molar-refractivity contribution in [2.45, 2.75) is 57.5 Å². The first-order valence-corrected chi connectivity index (χ1v) is 6.76. The van der Waals surface area contributed by atoms with Gasteiger partial charge < -0.3 is 15.7 Å². The summed E-state index contributed by atoms with van der Waals surface area (Å²) in [5.41, 5.74) is 0. The zero-order valence-electron chi connectivity index (χ0n) is 11.3. The van der Waals surface area contributed by atoms with Gasteiger partial charge in [-0.15, -0.1) is 0 Å². The molecule has 0 aromatic rings. The van der Waals surface area contributed by atoms with Gasteiger partial charge in [-0.25, -0.2) is 0 Å². The summed E-state index contributed by atoms with van der Waals surface area (Å²) in [6.07, 6.45) is 10.6. The maximum absolute atomic E-state index is 8.89. The molecule has 2 fully saturated rings. The summed E-state index contributed by atoms with van der Waals surface area (Å²) in [5.74, 6) is 2.18. The number of nitrogens with zero attached hydrogens (tertiary/aromatic N) is 1. The van der Waals surface area contributed by atoms with Crippen LogP contribution in [0.5, 0.6) is 0 Å². The summed E-state index contributed by atoms with van der Waals surface area (Å²) in [4.78, 5) is 0. The summed E-state index contributed by atoms with van der Waals surface area (Å²) in [6, 6.07) is 2.42. The molecule has 2 aliphatic rings. The van der Waals surface area contributed by atoms with Crippen LogP contribution in [0.1, 0.15) is 51.4 Å². The van der Waals surface area contributed by atoms with Gasteiger partial charge in [0.2, 0.25) is 0 Å². The minimum atomic E-state index is 0. The molecular formula is C14H27NO3. The zero-order valence-corrected chi connectivity index (χ0v) is 11.3. The Balaban J connectivity index is 0.00000144. The van der Waals surface area contributed by atoms with Gasteiger partial charge in [-0.3, -0.25) is 0 Å². The predicted octanol–water partition coefficient (Wildman–Crippen LogP) is 1.87. The highest BCUT2D eigenvalue weighted by atomic mass is 16.5. The van der Waals surface area contributed by atoms with Crippen LogP contribution in [0.15, 0.2) is 0 Å². The first kappa shape index (κ1) is 17.4. The van der Waals surface area contributed by atoms with E-state index in [0.29, 0.717) is 12.0 Å². The van der Waals surface area contributed by atoms with Crippen molar-refractivity contribution >= 4 is 0 Å². The van der Waals surface area contributed by atoms with Gasteiger partial charge in [0, 0.05) is 13.0 Å². The molecule has 0 atom stereocenters. The highest BCUT2D eigenvalue weighted by Gasteiger charge is 2.30. The molecule has 18 heavy (non-hydrogen) atoms. The normalized spacial score (nSPS) is 35.8. The van der Waals surface area contributed by atoms with Crippen LogP contribution >= 0.6 is 0 Å². The minimum absolute atomic E-state index is 0. The second kappa shape index (κ2) is 8.47. The minimum Gasteiger partial charge on any atom is -0.412 e. The van der Waals surface area contributed by atoms with Gasteiger partial charge in [0.15, 0.2) is 0 Å². The molecule has 2 saturated carbocycles. The van der Waals surface area contributed by atoms with E-state index in [1.807, 2.05) is 7.11 Å². The quantitative estimate of drug-likeness (QED) is 0.754. The van der Waals surface area contributed by atoms with E-state index in [-0.39, 0.29) is 11.0 Å². The monoisotopic (exact) mass is 257 g/mol. The molecule has 106 valence electrons. The molecule has 0 unspecified atom stereocenters. The van der Waals surface area contributed by atoms with Gasteiger partial charge in [0.05, 0.1) is 12.2 Å². The van der Waals surface area contributed by atoms with E-state index in [0.717, 1.165) is 24.7 Å². The number of methoxy groups -OCH3 is 1. The third-order valence-electron chi connectivity index (χ3n) is 4.67. The average Bonchev–Trinajstić information content (AvgIpc) is 2.39. The average molecular weight is 257 g/mol. The van der Waals surface area contributed by atoms with Gasteiger partial charge >= 0.3 is 0 Å². The molecular weight excluding hydrogens is 230 g/mol. The molecule has 0 bridgehead atoms. The van der Waals surface area contributed by atoms with E-state index in [1.54, 1.807) is 0 Å². The Hall–Kier alpha value is -0.630. The number of ether oxygens (including phenoxy) is 1. The van der Waals surface area contributed by atoms with Crippen molar-refractivity contribution in [3.8, 4) is 6.07 Å². The van der Waals surface area contributed by atoms with Gasteiger partial charge in [0.25, 0.3) is 0 Å². The third kappa shape index (κ3) is 4.24. The van der Waals surface area contributed by atoms with E-state index in [9.17, 15) is 0 Å². The number of nitriles is 1. The van der Waals surface area contributed by atoms with Crippen LogP contribution in [0.2, 0.25) is 0 Å². The van der Waals surface area contributed by atoms with Crippen molar-refractivity contribution in [3.63, 3.8) is 0 Å². The Kier molecular flexibility index (Phi) is 8.17. The van der Waals surface area contributed by atoms with E-state index in [4.69, 9.17) is 10.00 Å². The lowest BCUT2D eigenvalue weighted by molar-refractivity contribution is 0.0406. The van der Waals surface area contributed by atoms with Gasteiger partial charge in [-0.05, 0) is 63.2 Å². The molecule has 0 aromatic heterocycles. The van der Waals surface area contributed by atoms with Gasteiger partial charge in [-0.1, -0.05) is 0 Å². The Morgan fingerprint density at radius 3 is 1.67 bits per heavy atom. The van der Waals surface area contributed by atoms with Crippen LogP contribution in [-0.2, 0) is 4.74 Å². The summed E-state index contributed by atoms with van der Waals surface area (Å²) in [6.45, 7) is 0. The van der Waals surface area contributed by atoms with Crippen LogP contribution in [0.4, 0.5) is 0 Å². The van der Waals surface area contributed by atoms with Crippen LogP contribution in [0.25, 0.3) is 0 Å². The Morgan fingerprint density at radius 2 is 1.28 bits per heavy atom. The van der Waals surface area contributed by atoms with Crippen molar-refractivity contribution in [1.29, 1.82) is 5.26 Å². The molecule has 0 spiro atoms. The molecule has 0 amide bonds. The molecule has 4 nitrogen and oxygen atoms in total. The maximum Gasteiger partial charge on any atom is 0.0655 e. The van der Waals surface area contributed by atoms with Crippen LogP contribution in [0.3, 0.4) is 0 Å². The van der Waals surface area contributed by atoms with Crippen molar-refractivity contribution < 1.29 is 15.7 Å². The molecule has 0 saturated heterocycles. The van der Waals surface area contributed by atoms with E-state index >= 15 is 0 Å². The third-order valence-corrected chi connectivity index (χ3v) is 4.67. The van der Waals surface area contributed by atoms with Crippen LogP contribution in [-0.4, -0.2) is 24.2 Å². The van der Waals surface area contributed by atoms with Crippen LogP contribution < -0.4 is 0 Å².